The van der Waals surface area contributed by atoms with Gasteiger partial charge in [0.2, 0.25) is 0 Å². The van der Waals surface area contributed by atoms with Crippen LogP contribution in [-0.4, -0.2) is 5.11 Å². The molecule has 0 fully saturated rings. The summed E-state index contributed by atoms with van der Waals surface area (Å²) in [5, 5.41) is 10.6. The normalized spacial score (nSPS) is 16.6. The van der Waals surface area contributed by atoms with Crippen LogP contribution in [0.4, 0.5) is 0 Å². The molecule has 1 nitrogen and oxygen atoms in total. The molecule has 1 atom stereocenters. The first kappa shape index (κ1) is 13.8. The molecular formula is C18H22OS. The minimum Gasteiger partial charge on any atom is -0.383 e. The van der Waals surface area contributed by atoms with E-state index in [1.54, 1.807) is 0 Å². The molecule has 20 heavy (non-hydrogen) atoms. The topological polar surface area (TPSA) is 20.2 Å². The third-order valence-corrected chi connectivity index (χ3v) is 5.67. The van der Waals surface area contributed by atoms with Crippen molar-refractivity contribution in [3.63, 3.8) is 0 Å². The highest BCUT2D eigenvalue weighted by Gasteiger charge is 2.18. The van der Waals surface area contributed by atoms with E-state index in [1.807, 2.05) is 11.3 Å². The molecule has 2 heteroatoms. The van der Waals surface area contributed by atoms with E-state index in [0.717, 1.165) is 10.4 Å². The second kappa shape index (κ2) is 5.71. The van der Waals surface area contributed by atoms with E-state index in [4.69, 9.17) is 0 Å². The summed E-state index contributed by atoms with van der Waals surface area (Å²) in [4.78, 5) is 2.61. The molecule has 0 aliphatic heterocycles. The highest BCUT2D eigenvalue weighted by atomic mass is 32.1. The predicted octanol–water partition coefficient (Wildman–Crippen LogP) is 4.72. The van der Waals surface area contributed by atoms with Crippen molar-refractivity contribution in [3.8, 4) is 0 Å². The second-order valence-electron chi connectivity index (χ2n) is 5.90. The van der Waals surface area contributed by atoms with Crippen LogP contribution in [0.25, 0.3) is 0 Å². The molecule has 1 aliphatic carbocycles. The summed E-state index contributed by atoms with van der Waals surface area (Å²) in [6.07, 6.45) is 5.85. The van der Waals surface area contributed by atoms with Gasteiger partial charge in [0, 0.05) is 9.75 Å². The molecule has 0 saturated heterocycles. The van der Waals surface area contributed by atoms with Crippen molar-refractivity contribution >= 4 is 11.3 Å². The van der Waals surface area contributed by atoms with Gasteiger partial charge in [-0.1, -0.05) is 24.6 Å². The van der Waals surface area contributed by atoms with Crippen molar-refractivity contribution < 1.29 is 5.11 Å². The number of hydrogen-bond acceptors (Lipinski definition) is 2. The number of benzene rings is 1. The van der Waals surface area contributed by atoms with Crippen LogP contribution in [0.5, 0.6) is 0 Å². The standard InChI is InChI=1S/C18H22OS/c1-12-8-9-15(10-13(12)2)18(19)17-11-14-6-4-3-5-7-16(14)20-17/h8-11,18-19H,3-7H2,1-2H3. The Labute approximate surface area is 125 Å². The summed E-state index contributed by atoms with van der Waals surface area (Å²) < 4.78 is 0. The number of aliphatic hydroxyl groups excluding tert-OH is 1. The first-order valence-electron chi connectivity index (χ1n) is 7.52. The fourth-order valence-electron chi connectivity index (χ4n) is 2.92. The van der Waals surface area contributed by atoms with Gasteiger partial charge < -0.3 is 5.11 Å². The lowest BCUT2D eigenvalue weighted by Gasteiger charge is -2.11. The minimum atomic E-state index is -0.466. The van der Waals surface area contributed by atoms with Crippen LogP contribution in [0.1, 0.15) is 57.4 Å². The predicted molar refractivity (Wildman–Crippen MR) is 85.6 cm³/mol. The highest BCUT2D eigenvalue weighted by molar-refractivity contribution is 7.12. The molecule has 3 rings (SSSR count). The number of rotatable bonds is 2. The second-order valence-corrected chi connectivity index (χ2v) is 7.07. The Hall–Kier alpha value is -1.12. The number of thiophene rings is 1. The van der Waals surface area contributed by atoms with Gasteiger partial charge in [-0.3, -0.25) is 0 Å². The maximum absolute atomic E-state index is 10.6. The number of fused-ring (bicyclic) bond motifs is 1. The lowest BCUT2D eigenvalue weighted by molar-refractivity contribution is 0.224. The molecule has 1 heterocycles. The van der Waals surface area contributed by atoms with Crippen LogP contribution in [0, 0.1) is 13.8 Å². The molecule has 2 aromatic rings. The Morgan fingerprint density at radius 2 is 1.80 bits per heavy atom. The van der Waals surface area contributed by atoms with Crippen LogP contribution >= 0.6 is 11.3 Å². The van der Waals surface area contributed by atoms with Gasteiger partial charge in [0.1, 0.15) is 6.10 Å². The average molecular weight is 286 g/mol. The van der Waals surface area contributed by atoms with E-state index < -0.39 is 6.10 Å². The summed E-state index contributed by atoms with van der Waals surface area (Å²) in [5.41, 5.74) is 5.03. The number of hydrogen-bond donors (Lipinski definition) is 1. The van der Waals surface area contributed by atoms with Crippen LogP contribution < -0.4 is 0 Å². The quantitative estimate of drug-likeness (QED) is 0.792. The lowest BCUT2D eigenvalue weighted by Crippen LogP contribution is -1.98. The third kappa shape index (κ3) is 2.68. The molecular weight excluding hydrogens is 264 g/mol. The minimum absolute atomic E-state index is 0.466. The Morgan fingerprint density at radius 1 is 1.00 bits per heavy atom. The summed E-state index contributed by atoms with van der Waals surface area (Å²) in [6.45, 7) is 4.22. The van der Waals surface area contributed by atoms with Crippen molar-refractivity contribution in [1.29, 1.82) is 0 Å². The third-order valence-electron chi connectivity index (χ3n) is 4.38. The van der Waals surface area contributed by atoms with Crippen molar-refractivity contribution in [2.24, 2.45) is 0 Å². The van der Waals surface area contributed by atoms with Gasteiger partial charge in [-0.25, -0.2) is 0 Å². The Bertz CT molecular complexity index is 588. The van der Waals surface area contributed by atoms with Crippen LogP contribution in [-0.2, 0) is 12.8 Å². The molecule has 106 valence electrons. The monoisotopic (exact) mass is 286 g/mol. The maximum atomic E-state index is 10.6. The fraction of sp³-hybridized carbons (Fsp3) is 0.444. The molecule has 1 aromatic carbocycles. The SMILES string of the molecule is Cc1ccc(C(O)c2cc3c(s2)CCCCC3)cc1C. The highest BCUT2D eigenvalue weighted by Crippen LogP contribution is 2.35. The first-order valence-corrected chi connectivity index (χ1v) is 8.33. The molecule has 0 saturated carbocycles. The Balaban J connectivity index is 1.90. The van der Waals surface area contributed by atoms with E-state index in [-0.39, 0.29) is 0 Å². The van der Waals surface area contributed by atoms with E-state index in [9.17, 15) is 5.11 Å². The van der Waals surface area contributed by atoms with Crippen LogP contribution in [0.2, 0.25) is 0 Å². The molecule has 0 spiro atoms. The average Bonchev–Trinajstić information content (AvgIpc) is 2.72. The van der Waals surface area contributed by atoms with Crippen molar-refractivity contribution in [1.82, 2.24) is 0 Å². The van der Waals surface area contributed by atoms with Gasteiger partial charge in [0.15, 0.2) is 0 Å². The zero-order valence-corrected chi connectivity index (χ0v) is 13.1. The molecule has 1 unspecified atom stereocenters. The zero-order chi connectivity index (χ0) is 14.1. The molecule has 0 radical (unpaired) electrons. The largest absolute Gasteiger partial charge is 0.383 e. The Morgan fingerprint density at radius 3 is 2.60 bits per heavy atom. The van der Waals surface area contributed by atoms with Crippen LogP contribution in [0.3, 0.4) is 0 Å². The van der Waals surface area contributed by atoms with Gasteiger partial charge >= 0.3 is 0 Å². The van der Waals surface area contributed by atoms with Gasteiger partial charge in [0.05, 0.1) is 0 Å². The summed E-state index contributed by atoms with van der Waals surface area (Å²) in [5.74, 6) is 0. The lowest BCUT2D eigenvalue weighted by atomic mass is 10.0. The smallest absolute Gasteiger partial charge is 0.113 e. The maximum Gasteiger partial charge on any atom is 0.113 e. The molecule has 1 N–H and O–H groups in total. The zero-order valence-electron chi connectivity index (χ0n) is 12.3. The van der Waals surface area contributed by atoms with Gasteiger partial charge in [-0.2, -0.15) is 0 Å². The first-order chi connectivity index (χ1) is 9.65. The summed E-state index contributed by atoms with van der Waals surface area (Å²) in [7, 11) is 0. The molecule has 0 amide bonds. The van der Waals surface area contributed by atoms with Gasteiger partial charge in [0.25, 0.3) is 0 Å². The van der Waals surface area contributed by atoms with E-state index in [2.05, 4.69) is 38.1 Å². The van der Waals surface area contributed by atoms with Crippen molar-refractivity contribution in [2.45, 2.75) is 52.1 Å². The van der Waals surface area contributed by atoms with Gasteiger partial charge in [-0.05, 0) is 67.9 Å². The van der Waals surface area contributed by atoms with Gasteiger partial charge in [-0.15, -0.1) is 11.3 Å². The molecule has 0 bridgehead atoms. The number of aliphatic hydroxyl groups is 1. The van der Waals surface area contributed by atoms with E-state index >= 15 is 0 Å². The summed E-state index contributed by atoms with van der Waals surface area (Å²) in [6, 6.07) is 8.51. The van der Waals surface area contributed by atoms with E-state index in [1.165, 1.54) is 53.7 Å². The van der Waals surface area contributed by atoms with Crippen molar-refractivity contribution in [3.05, 3.63) is 56.3 Å². The molecule has 1 aliphatic rings. The van der Waals surface area contributed by atoms with E-state index in [0.29, 0.717) is 0 Å². The Kier molecular flexibility index (Phi) is 3.95. The fourth-order valence-corrected chi connectivity index (χ4v) is 4.20. The number of aryl methyl sites for hydroxylation is 4. The molecule has 1 aromatic heterocycles. The van der Waals surface area contributed by atoms with Crippen LogP contribution in [0.15, 0.2) is 24.3 Å². The van der Waals surface area contributed by atoms with Crippen molar-refractivity contribution in [2.75, 3.05) is 0 Å². The summed E-state index contributed by atoms with van der Waals surface area (Å²) >= 11 is 1.81.